The Hall–Kier alpha value is -3.00. The number of hydrogen-bond acceptors (Lipinski definition) is 6. The minimum Gasteiger partial charge on any atom is -0.407 e. The van der Waals surface area contributed by atoms with E-state index in [9.17, 15) is 13.2 Å². The van der Waals surface area contributed by atoms with Gasteiger partial charge in [-0.3, -0.25) is 10.1 Å². The van der Waals surface area contributed by atoms with Crippen molar-refractivity contribution in [2.75, 3.05) is 5.32 Å². The first kappa shape index (κ1) is 18.8. The third-order valence-electron chi connectivity index (χ3n) is 4.07. The Morgan fingerprint density at radius 3 is 2.48 bits per heavy atom. The maximum Gasteiger partial charge on any atom is 0.322 e. The SMILES string of the molecule is Cc1ccc(CC(=O)Nc2nnc(CS(=O)(=O)c3ccccc3)o2)cc1C. The molecule has 2 aromatic carbocycles. The molecule has 27 heavy (non-hydrogen) atoms. The lowest BCUT2D eigenvalue weighted by Gasteiger charge is -2.04. The zero-order valence-corrected chi connectivity index (χ0v) is 15.8. The van der Waals surface area contributed by atoms with Crippen molar-refractivity contribution in [2.45, 2.75) is 30.9 Å². The summed E-state index contributed by atoms with van der Waals surface area (Å²) < 4.78 is 29.9. The number of carbonyl (C=O) groups excluding carboxylic acids is 1. The van der Waals surface area contributed by atoms with Crippen molar-refractivity contribution >= 4 is 21.8 Å². The maximum atomic E-state index is 12.3. The van der Waals surface area contributed by atoms with Crippen LogP contribution in [0.3, 0.4) is 0 Å². The van der Waals surface area contributed by atoms with Crippen LogP contribution in [0.5, 0.6) is 0 Å². The van der Waals surface area contributed by atoms with Gasteiger partial charge in [-0.2, -0.15) is 0 Å². The summed E-state index contributed by atoms with van der Waals surface area (Å²) >= 11 is 0. The van der Waals surface area contributed by atoms with Crippen LogP contribution in [0.25, 0.3) is 0 Å². The number of sulfone groups is 1. The highest BCUT2D eigenvalue weighted by molar-refractivity contribution is 7.90. The van der Waals surface area contributed by atoms with Gasteiger partial charge >= 0.3 is 6.01 Å². The molecule has 3 rings (SSSR count). The van der Waals surface area contributed by atoms with Gasteiger partial charge < -0.3 is 4.42 Å². The predicted octanol–water partition coefficient (Wildman–Crippen LogP) is 2.84. The fraction of sp³-hybridized carbons (Fsp3) is 0.211. The Labute approximate surface area is 157 Å². The molecule has 140 valence electrons. The zero-order chi connectivity index (χ0) is 19.4. The van der Waals surface area contributed by atoms with E-state index in [1.165, 1.54) is 12.1 Å². The average molecular weight is 385 g/mol. The Morgan fingerprint density at radius 1 is 1.04 bits per heavy atom. The number of rotatable bonds is 6. The van der Waals surface area contributed by atoms with Crippen LogP contribution in [0.2, 0.25) is 0 Å². The normalized spacial score (nSPS) is 11.3. The first-order valence-electron chi connectivity index (χ1n) is 8.30. The molecule has 0 fully saturated rings. The van der Waals surface area contributed by atoms with Gasteiger partial charge in [0.15, 0.2) is 9.84 Å². The molecule has 0 aliphatic carbocycles. The van der Waals surface area contributed by atoms with Gasteiger partial charge in [0.1, 0.15) is 5.75 Å². The van der Waals surface area contributed by atoms with Gasteiger partial charge in [0.2, 0.25) is 11.8 Å². The van der Waals surface area contributed by atoms with Gasteiger partial charge in [0.25, 0.3) is 0 Å². The number of carbonyl (C=O) groups is 1. The fourth-order valence-corrected chi connectivity index (χ4v) is 3.68. The van der Waals surface area contributed by atoms with Crippen molar-refractivity contribution in [3.05, 3.63) is 71.1 Å². The Morgan fingerprint density at radius 2 is 1.78 bits per heavy atom. The van der Waals surface area contributed by atoms with E-state index in [0.29, 0.717) is 0 Å². The Balaban J connectivity index is 1.63. The molecule has 7 nitrogen and oxygen atoms in total. The number of aromatic nitrogens is 2. The molecular weight excluding hydrogens is 366 g/mol. The van der Waals surface area contributed by atoms with E-state index in [1.807, 2.05) is 32.0 Å². The average Bonchev–Trinajstić information content (AvgIpc) is 3.05. The highest BCUT2D eigenvalue weighted by Crippen LogP contribution is 2.17. The van der Waals surface area contributed by atoms with Crippen molar-refractivity contribution in [3.8, 4) is 0 Å². The third kappa shape index (κ3) is 4.79. The number of anilines is 1. The van der Waals surface area contributed by atoms with Crippen LogP contribution in [-0.4, -0.2) is 24.5 Å². The van der Waals surface area contributed by atoms with E-state index in [0.717, 1.165) is 16.7 Å². The van der Waals surface area contributed by atoms with Gasteiger partial charge in [0.05, 0.1) is 11.3 Å². The summed E-state index contributed by atoms with van der Waals surface area (Å²) in [6, 6.07) is 13.7. The number of nitrogens with one attached hydrogen (secondary N) is 1. The van der Waals surface area contributed by atoms with Gasteiger partial charge in [-0.15, -0.1) is 5.10 Å². The van der Waals surface area contributed by atoms with Gasteiger partial charge in [-0.1, -0.05) is 41.5 Å². The molecule has 3 aromatic rings. The van der Waals surface area contributed by atoms with Gasteiger partial charge in [-0.05, 0) is 42.7 Å². The van der Waals surface area contributed by atoms with Crippen molar-refractivity contribution in [2.24, 2.45) is 0 Å². The number of hydrogen-bond donors (Lipinski definition) is 1. The van der Waals surface area contributed by atoms with E-state index in [2.05, 4.69) is 15.5 Å². The Bertz CT molecular complexity index is 1060. The van der Waals surface area contributed by atoms with Crippen LogP contribution in [-0.2, 0) is 26.8 Å². The second-order valence-corrected chi connectivity index (χ2v) is 8.21. The third-order valence-corrected chi connectivity index (χ3v) is 5.68. The zero-order valence-electron chi connectivity index (χ0n) is 15.0. The minimum atomic E-state index is -3.59. The highest BCUT2D eigenvalue weighted by atomic mass is 32.2. The largest absolute Gasteiger partial charge is 0.407 e. The van der Waals surface area contributed by atoms with E-state index in [-0.39, 0.29) is 29.1 Å². The summed E-state index contributed by atoms with van der Waals surface area (Å²) in [6.07, 6.45) is 0.154. The van der Waals surface area contributed by atoms with Crippen molar-refractivity contribution < 1.29 is 17.6 Å². The molecular formula is C19H19N3O4S. The molecule has 1 amide bonds. The van der Waals surface area contributed by atoms with Crippen LogP contribution in [0, 0.1) is 13.8 Å². The second kappa shape index (κ2) is 7.71. The molecule has 8 heteroatoms. The molecule has 0 aliphatic rings. The summed E-state index contributed by atoms with van der Waals surface area (Å²) in [4.78, 5) is 12.3. The standard InChI is InChI=1S/C19H19N3O4S/c1-13-8-9-15(10-14(13)2)11-17(23)20-19-22-21-18(26-19)12-27(24,25)16-6-4-3-5-7-16/h3-10H,11-12H2,1-2H3,(H,20,22,23). The lowest BCUT2D eigenvalue weighted by atomic mass is 10.0. The molecule has 0 spiro atoms. The smallest absolute Gasteiger partial charge is 0.322 e. The predicted molar refractivity (Wildman–Crippen MR) is 99.9 cm³/mol. The quantitative estimate of drug-likeness (QED) is 0.700. The molecule has 1 heterocycles. The first-order chi connectivity index (χ1) is 12.8. The van der Waals surface area contributed by atoms with Gasteiger partial charge in [0, 0.05) is 0 Å². The van der Waals surface area contributed by atoms with Crippen LogP contribution < -0.4 is 5.32 Å². The topological polar surface area (TPSA) is 102 Å². The first-order valence-corrected chi connectivity index (χ1v) is 9.95. The monoisotopic (exact) mass is 385 g/mol. The Kier molecular flexibility index (Phi) is 5.36. The number of benzene rings is 2. The molecule has 0 aliphatic heterocycles. The van der Waals surface area contributed by atoms with Crippen molar-refractivity contribution in [3.63, 3.8) is 0 Å². The lowest BCUT2D eigenvalue weighted by molar-refractivity contribution is -0.115. The van der Waals surface area contributed by atoms with Crippen LogP contribution in [0.4, 0.5) is 6.01 Å². The summed E-state index contributed by atoms with van der Waals surface area (Å²) in [5, 5.41) is 9.89. The van der Waals surface area contributed by atoms with Crippen LogP contribution in [0.1, 0.15) is 22.6 Å². The van der Waals surface area contributed by atoms with E-state index in [1.54, 1.807) is 18.2 Å². The molecule has 0 unspecified atom stereocenters. The summed E-state index contributed by atoms with van der Waals surface area (Å²) in [5.74, 6) is -0.837. The van der Waals surface area contributed by atoms with Crippen LogP contribution in [0.15, 0.2) is 57.8 Å². The van der Waals surface area contributed by atoms with E-state index >= 15 is 0 Å². The molecule has 0 atom stereocenters. The molecule has 1 aromatic heterocycles. The molecule has 0 saturated heterocycles. The molecule has 1 N–H and O–H groups in total. The van der Waals surface area contributed by atoms with Crippen molar-refractivity contribution in [1.82, 2.24) is 10.2 Å². The molecule has 0 radical (unpaired) electrons. The maximum absolute atomic E-state index is 12.3. The summed E-state index contributed by atoms with van der Waals surface area (Å²) in [6.45, 7) is 3.98. The minimum absolute atomic E-state index is 0.0830. The summed E-state index contributed by atoms with van der Waals surface area (Å²) in [7, 11) is -3.59. The van der Waals surface area contributed by atoms with Crippen LogP contribution >= 0.6 is 0 Å². The lowest BCUT2D eigenvalue weighted by Crippen LogP contribution is -2.14. The number of aryl methyl sites for hydroxylation is 2. The fourth-order valence-electron chi connectivity index (χ4n) is 2.50. The second-order valence-electron chi connectivity index (χ2n) is 6.22. The van der Waals surface area contributed by atoms with Crippen molar-refractivity contribution in [1.29, 1.82) is 0 Å². The number of amides is 1. The van der Waals surface area contributed by atoms with E-state index < -0.39 is 15.6 Å². The number of nitrogens with zero attached hydrogens (tertiary/aromatic N) is 2. The summed E-state index contributed by atoms with van der Waals surface area (Å²) in [5.41, 5.74) is 3.12. The molecule has 0 saturated carbocycles. The van der Waals surface area contributed by atoms with E-state index in [4.69, 9.17) is 4.42 Å². The highest BCUT2D eigenvalue weighted by Gasteiger charge is 2.20. The molecule has 0 bridgehead atoms. The van der Waals surface area contributed by atoms with Gasteiger partial charge in [-0.25, -0.2) is 8.42 Å².